The van der Waals surface area contributed by atoms with Crippen LogP contribution in [0.4, 0.5) is 0 Å². The van der Waals surface area contributed by atoms with Crippen molar-refractivity contribution in [2.45, 2.75) is 44.8 Å². The molecule has 1 fully saturated rings. The van der Waals surface area contributed by atoms with E-state index < -0.39 is 16.6 Å². The van der Waals surface area contributed by atoms with E-state index >= 15 is 0 Å². The molecule has 0 spiro atoms. The van der Waals surface area contributed by atoms with E-state index in [9.17, 15) is 0 Å². The van der Waals surface area contributed by atoms with Crippen LogP contribution in [0.25, 0.3) is 0 Å². The molecule has 0 aliphatic carbocycles. The van der Waals surface area contributed by atoms with Crippen LogP contribution in [0.5, 0.6) is 0 Å². The van der Waals surface area contributed by atoms with Crippen LogP contribution < -0.4 is 10.4 Å². The Labute approximate surface area is 141 Å². The highest BCUT2D eigenvalue weighted by Gasteiger charge is 2.45. The molecule has 4 heteroatoms. The SMILES string of the molecule is C[Si](C)(C)OC1CCC[Si](c2ccccc2)(c2ccccc2)O1. The molecule has 1 atom stereocenters. The standard InChI is InChI=1S/C19H26O2Si2/c1-22(2,3)20-19-15-10-16-23(21-19,17-11-6-4-7-12-17)18-13-8-5-9-14-18/h4-9,11-14,19H,10,15-16H2,1-3H3. The Morgan fingerprint density at radius 1 is 0.913 bits per heavy atom. The van der Waals surface area contributed by atoms with E-state index in [1.165, 1.54) is 16.8 Å². The third kappa shape index (κ3) is 3.83. The molecule has 122 valence electrons. The van der Waals surface area contributed by atoms with Crippen LogP contribution in [-0.2, 0) is 8.85 Å². The maximum atomic E-state index is 6.77. The molecule has 0 N–H and O–H groups in total. The van der Waals surface area contributed by atoms with Crippen LogP contribution in [0.15, 0.2) is 60.7 Å². The molecule has 2 nitrogen and oxygen atoms in total. The lowest BCUT2D eigenvalue weighted by molar-refractivity contribution is -0.0222. The first-order valence-corrected chi connectivity index (χ1v) is 14.0. The van der Waals surface area contributed by atoms with Crippen LogP contribution in [0.3, 0.4) is 0 Å². The summed E-state index contributed by atoms with van der Waals surface area (Å²) in [5.41, 5.74) is 0. The first-order chi connectivity index (χ1) is 11.0. The molecule has 0 aromatic heterocycles. The van der Waals surface area contributed by atoms with Crippen molar-refractivity contribution < 1.29 is 8.85 Å². The van der Waals surface area contributed by atoms with E-state index in [0.717, 1.165) is 12.5 Å². The molecular formula is C19H26O2Si2. The predicted octanol–water partition coefficient (Wildman–Crippen LogP) is 3.73. The Hall–Kier alpha value is -1.21. The zero-order valence-electron chi connectivity index (χ0n) is 14.3. The average Bonchev–Trinajstić information content (AvgIpc) is 2.55. The number of hydrogen-bond acceptors (Lipinski definition) is 2. The van der Waals surface area contributed by atoms with Gasteiger partial charge in [0.15, 0.2) is 8.32 Å². The number of hydrogen-bond donors (Lipinski definition) is 0. The second-order valence-electron chi connectivity index (χ2n) is 7.23. The normalized spacial score (nSPS) is 21.1. The van der Waals surface area contributed by atoms with Gasteiger partial charge in [-0.3, -0.25) is 0 Å². The van der Waals surface area contributed by atoms with Gasteiger partial charge in [-0.05, 0) is 48.9 Å². The summed E-state index contributed by atoms with van der Waals surface area (Å²) < 4.78 is 13.1. The van der Waals surface area contributed by atoms with Crippen molar-refractivity contribution in [1.82, 2.24) is 0 Å². The molecule has 23 heavy (non-hydrogen) atoms. The first kappa shape index (κ1) is 16.6. The number of rotatable bonds is 4. The van der Waals surface area contributed by atoms with Crippen LogP contribution in [0.2, 0.25) is 25.7 Å². The zero-order valence-corrected chi connectivity index (χ0v) is 16.3. The van der Waals surface area contributed by atoms with Gasteiger partial charge in [-0.1, -0.05) is 60.7 Å². The monoisotopic (exact) mass is 342 g/mol. The van der Waals surface area contributed by atoms with Crippen molar-refractivity contribution in [1.29, 1.82) is 0 Å². The Bertz CT molecular complexity index is 583. The minimum atomic E-state index is -2.20. The summed E-state index contributed by atoms with van der Waals surface area (Å²) in [5.74, 6) is 0. The summed E-state index contributed by atoms with van der Waals surface area (Å²) in [4.78, 5) is 0. The summed E-state index contributed by atoms with van der Waals surface area (Å²) in [7, 11) is -3.81. The van der Waals surface area contributed by atoms with E-state index in [2.05, 4.69) is 80.3 Å². The molecule has 1 unspecified atom stereocenters. The Kier molecular flexibility index (Phi) is 4.87. The highest BCUT2D eigenvalue weighted by atomic mass is 28.4. The van der Waals surface area contributed by atoms with Gasteiger partial charge in [0.05, 0.1) is 0 Å². The molecule has 2 aromatic carbocycles. The fourth-order valence-corrected chi connectivity index (χ4v) is 8.47. The zero-order chi connectivity index (χ0) is 16.3. The molecule has 3 rings (SSSR count). The van der Waals surface area contributed by atoms with Crippen molar-refractivity contribution in [3.05, 3.63) is 60.7 Å². The summed E-state index contributed by atoms with van der Waals surface area (Å²) >= 11 is 0. The fourth-order valence-electron chi connectivity index (χ4n) is 3.34. The van der Waals surface area contributed by atoms with Gasteiger partial charge in [-0.15, -0.1) is 0 Å². The van der Waals surface area contributed by atoms with Gasteiger partial charge in [0.2, 0.25) is 0 Å². The van der Waals surface area contributed by atoms with E-state index in [1.54, 1.807) is 0 Å². The molecule has 2 aromatic rings. The quantitative estimate of drug-likeness (QED) is 0.788. The Morgan fingerprint density at radius 2 is 1.43 bits per heavy atom. The van der Waals surface area contributed by atoms with E-state index in [1.807, 2.05) is 0 Å². The van der Waals surface area contributed by atoms with Gasteiger partial charge in [-0.2, -0.15) is 0 Å². The predicted molar refractivity (Wildman–Crippen MR) is 101 cm³/mol. The summed E-state index contributed by atoms with van der Waals surface area (Å²) in [6, 6.07) is 22.7. The fraction of sp³-hybridized carbons (Fsp3) is 0.368. The second kappa shape index (κ2) is 6.73. The van der Waals surface area contributed by atoms with E-state index in [-0.39, 0.29) is 6.29 Å². The van der Waals surface area contributed by atoms with Crippen LogP contribution >= 0.6 is 0 Å². The lowest BCUT2D eigenvalue weighted by Crippen LogP contribution is -2.64. The van der Waals surface area contributed by atoms with Gasteiger partial charge in [0.25, 0.3) is 8.32 Å². The van der Waals surface area contributed by atoms with Gasteiger partial charge in [-0.25, -0.2) is 0 Å². The smallest absolute Gasteiger partial charge is 0.259 e. The molecule has 1 aliphatic rings. The lowest BCUT2D eigenvalue weighted by atomic mass is 10.3. The summed E-state index contributed by atoms with van der Waals surface area (Å²) in [6.07, 6.45) is 2.13. The van der Waals surface area contributed by atoms with Crippen molar-refractivity contribution in [3.8, 4) is 0 Å². The van der Waals surface area contributed by atoms with Gasteiger partial charge in [0, 0.05) is 0 Å². The highest BCUT2D eigenvalue weighted by Crippen LogP contribution is 2.28. The van der Waals surface area contributed by atoms with E-state index in [4.69, 9.17) is 8.85 Å². The van der Waals surface area contributed by atoms with Crippen LogP contribution in [0, 0.1) is 0 Å². The average molecular weight is 343 g/mol. The minimum absolute atomic E-state index is 0.0532. The third-order valence-corrected chi connectivity index (χ3v) is 9.49. The van der Waals surface area contributed by atoms with Gasteiger partial charge >= 0.3 is 0 Å². The molecule has 0 radical (unpaired) electrons. The van der Waals surface area contributed by atoms with Crippen LogP contribution in [-0.4, -0.2) is 22.9 Å². The summed E-state index contributed by atoms with van der Waals surface area (Å²) in [6.45, 7) is 6.71. The Balaban J connectivity index is 1.99. The van der Waals surface area contributed by atoms with Crippen molar-refractivity contribution in [2.24, 2.45) is 0 Å². The highest BCUT2D eigenvalue weighted by molar-refractivity contribution is 6.97. The molecule has 1 aliphatic heterocycles. The Morgan fingerprint density at radius 3 is 1.91 bits per heavy atom. The first-order valence-electron chi connectivity index (χ1n) is 8.46. The minimum Gasteiger partial charge on any atom is -0.394 e. The number of benzene rings is 2. The topological polar surface area (TPSA) is 18.5 Å². The van der Waals surface area contributed by atoms with Crippen molar-refractivity contribution in [2.75, 3.05) is 0 Å². The second-order valence-corrected chi connectivity index (χ2v) is 15.2. The molecule has 1 heterocycles. The van der Waals surface area contributed by atoms with Gasteiger partial charge < -0.3 is 8.85 Å². The van der Waals surface area contributed by atoms with Gasteiger partial charge in [0.1, 0.15) is 6.29 Å². The maximum Gasteiger partial charge on any atom is 0.259 e. The molecule has 1 saturated heterocycles. The largest absolute Gasteiger partial charge is 0.394 e. The lowest BCUT2D eigenvalue weighted by Gasteiger charge is -2.42. The third-order valence-electron chi connectivity index (χ3n) is 4.27. The maximum absolute atomic E-state index is 6.77. The van der Waals surface area contributed by atoms with Crippen LogP contribution in [0.1, 0.15) is 12.8 Å². The van der Waals surface area contributed by atoms with Crippen molar-refractivity contribution in [3.63, 3.8) is 0 Å². The summed E-state index contributed by atoms with van der Waals surface area (Å²) in [5, 5.41) is 2.71. The molecule has 0 bridgehead atoms. The molecular weight excluding hydrogens is 316 g/mol. The molecule has 0 amide bonds. The molecule has 0 saturated carbocycles. The van der Waals surface area contributed by atoms with Crippen molar-refractivity contribution >= 4 is 27.0 Å². The van der Waals surface area contributed by atoms with E-state index in [0.29, 0.717) is 0 Å².